The largest absolute Gasteiger partial charge is 0.444 e. The van der Waals surface area contributed by atoms with E-state index in [1.165, 1.54) is 18.2 Å². The Morgan fingerprint density at radius 1 is 1.43 bits per heavy atom. The minimum Gasteiger partial charge on any atom is -0.444 e. The molecule has 23 heavy (non-hydrogen) atoms. The molecule has 1 N–H and O–H groups in total. The molecule has 0 saturated heterocycles. The van der Waals surface area contributed by atoms with E-state index in [0.717, 1.165) is 5.56 Å². The zero-order valence-corrected chi connectivity index (χ0v) is 14.0. The molecule has 0 spiro atoms. The van der Waals surface area contributed by atoms with Crippen molar-refractivity contribution in [2.45, 2.75) is 45.8 Å². The number of halogens is 1. The van der Waals surface area contributed by atoms with Crippen LogP contribution in [0.4, 0.5) is 9.18 Å². The minimum absolute atomic E-state index is 0.135. The van der Waals surface area contributed by atoms with Gasteiger partial charge in [0.25, 0.3) is 5.91 Å². The van der Waals surface area contributed by atoms with Gasteiger partial charge in [-0.2, -0.15) is 0 Å². The lowest BCUT2D eigenvalue weighted by atomic mass is 9.98. The molecule has 0 unspecified atom stereocenters. The van der Waals surface area contributed by atoms with E-state index in [1.807, 2.05) is 6.92 Å². The van der Waals surface area contributed by atoms with Gasteiger partial charge in [-0.1, -0.05) is 0 Å². The third kappa shape index (κ3) is 4.68. The number of alkyl carbamates (subject to hydrolysis) is 1. The molecule has 1 atom stereocenters. The number of hydrogen-bond acceptors (Lipinski definition) is 3. The lowest BCUT2D eigenvalue weighted by Gasteiger charge is -2.31. The summed E-state index contributed by atoms with van der Waals surface area (Å²) in [5, 5.41) is 2.72. The summed E-state index contributed by atoms with van der Waals surface area (Å²) in [4.78, 5) is 25.9. The van der Waals surface area contributed by atoms with Gasteiger partial charge in [-0.05, 0) is 57.9 Å². The second kappa shape index (κ2) is 6.56. The van der Waals surface area contributed by atoms with Crippen LogP contribution in [0.5, 0.6) is 0 Å². The molecule has 6 heteroatoms. The van der Waals surface area contributed by atoms with E-state index in [4.69, 9.17) is 4.74 Å². The first-order chi connectivity index (χ1) is 10.7. The molecule has 0 fully saturated rings. The molecule has 1 heterocycles. The normalized spacial score (nSPS) is 15.9. The number of benzene rings is 1. The van der Waals surface area contributed by atoms with Crippen LogP contribution in [-0.2, 0) is 11.2 Å². The number of fused-ring (bicyclic) bond motifs is 1. The van der Waals surface area contributed by atoms with Crippen LogP contribution in [0.25, 0.3) is 0 Å². The smallest absolute Gasteiger partial charge is 0.407 e. The fraction of sp³-hybridized carbons (Fsp3) is 0.529. The quantitative estimate of drug-likeness (QED) is 0.931. The molecular weight excluding hydrogens is 299 g/mol. The number of amides is 2. The molecular formula is C17H23FN2O3. The minimum atomic E-state index is -0.562. The molecule has 1 aliphatic heterocycles. The van der Waals surface area contributed by atoms with Crippen molar-refractivity contribution in [3.05, 3.63) is 35.1 Å². The summed E-state index contributed by atoms with van der Waals surface area (Å²) in [6.45, 7) is 8.09. The Labute approximate surface area is 135 Å². The Morgan fingerprint density at radius 3 is 2.78 bits per heavy atom. The van der Waals surface area contributed by atoms with Crippen molar-refractivity contribution in [1.29, 1.82) is 0 Å². The van der Waals surface area contributed by atoms with E-state index in [-0.39, 0.29) is 17.8 Å². The van der Waals surface area contributed by atoms with Crippen LogP contribution in [0, 0.1) is 5.82 Å². The number of nitrogens with one attached hydrogen (secondary N) is 1. The van der Waals surface area contributed by atoms with Gasteiger partial charge in [-0.25, -0.2) is 9.18 Å². The number of carbonyl (C=O) groups excluding carboxylic acids is 2. The molecule has 0 bridgehead atoms. The first-order valence-electron chi connectivity index (χ1n) is 7.73. The summed E-state index contributed by atoms with van der Waals surface area (Å²) < 4.78 is 18.4. The second-order valence-corrected chi connectivity index (χ2v) is 6.85. The molecule has 0 aliphatic carbocycles. The molecule has 0 radical (unpaired) electrons. The van der Waals surface area contributed by atoms with Crippen LogP contribution in [0.2, 0.25) is 0 Å². The van der Waals surface area contributed by atoms with E-state index in [9.17, 15) is 14.0 Å². The summed E-state index contributed by atoms with van der Waals surface area (Å²) in [5.74, 6) is -0.464. The zero-order chi connectivity index (χ0) is 17.2. The summed E-state index contributed by atoms with van der Waals surface area (Å²) in [7, 11) is 0. The van der Waals surface area contributed by atoms with Crippen molar-refractivity contribution in [3.8, 4) is 0 Å². The Kier molecular flexibility index (Phi) is 4.92. The summed E-state index contributed by atoms with van der Waals surface area (Å²) in [5.41, 5.74) is 0.703. The van der Waals surface area contributed by atoms with Gasteiger partial charge in [0.1, 0.15) is 11.4 Å². The van der Waals surface area contributed by atoms with Gasteiger partial charge in [-0.15, -0.1) is 0 Å². The summed E-state index contributed by atoms with van der Waals surface area (Å²) in [6, 6.07) is 3.98. The lowest BCUT2D eigenvalue weighted by molar-refractivity contribution is 0.0483. The molecule has 126 valence electrons. The molecule has 2 amide bonds. The van der Waals surface area contributed by atoms with Gasteiger partial charge in [0.15, 0.2) is 0 Å². The van der Waals surface area contributed by atoms with Crippen molar-refractivity contribution >= 4 is 12.0 Å². The molecule has 0 saturated carbocycles. The van der Waals surface area contributed by atoms with E-state index in [0.29, 0.717) is 25.1 Å². The standard InChI is InChI=1S/C17H23FN2O3/c1-11(19-16(22)23-17(2,3)4)10-20-8-7-12-9-13(18)5-6-14(12)15(20)21/h5-6,9,11H,7-8,10H2,1-4H3,(H,19,22)/t11-/m1/s1. The predicted octanol–water partition coefficient (Wildman–Crippen LogP) is 2.74. The topological polar surface area (TPSA) is 58.6 Å². The zero-order valence-electron chi connectivity index (χ0n) is 14.0. The van der Waals surface area contributed by atoms with E-state index in [1.54, 1.807) is 25.7 Å². The fourth-order valence-corrected chi connectivity index (χ4v) is 2.56. The highest BCUT2D eigenvalue weighted by atomic mass is 19.1. The van der Waals surface area contributed by atoms with Gasteiger partial charge in [0, 0.05) is 24.7 Å². The second-order valence-electron chi connectivity index (χ2n) is 6.85. The Bertz CT molecular complexity index is 610. The Balaban J connectivity index is 1.95. The van der Waals surface area contributed by atoms with Crippen molar-refractivity contribution in [3.63, 3.8) is 0 Å². The highest BCUT2D eigenvalue weighted by molar-refractivity contribution is 5.96. The maximum Gasteiger partial charge on any atom is 0.407 e. The van der Waals surface area contributed by atoms with Crippen molar-refractivity contribution in [2.75, 3.05) is 13.1 Å². The van der Waals surface area contributed by atoms with Crippen LogP contribution < -0.4 is 5.32 Å². The van der Waals surface area contributed by atoms with Gasteiger partial charge < -0.3 is 15.0 Å². The number of nitrogens with zero attached hydrogens (tertiary/aromatic N) is 1. The van der Waals surface area contributed by atoms with Crippen molar-refractivity contribution in [1.82, 2.24) is 10.2 Å². The third-order valence-corrected chi connectivity index (χ3v) is 3.49. The molecule has 0 aromatic heterocycles. The monoisotopic (exact) mass is 322 g/mol. The van der Waals surface area contributed by atoms with Crippen LogP contribution in [-0.4, -0.2) is 41.6 Å². The molecule has 2 rings (SSSR count). The maximum atomic E-state index is 13.2. The number of ether oxygens (including phenoxy) is 1. The average molecular weight is 322 g/mol. The van der Waals surface area contributed by atoms with Gasteiger partial charge in [0.05, 0.1) is 0 Å². The van der Waals surface area contributed by atoms with Crippen molar-refractivity contribution < 1.29 is 18.7 Å². The van der Waals surface area contributed by atoms with E-state index in [2.05, 4.69) is 5.32 Å². The first-order valence-corrected chi connectivity index (χ1v) is 7.73. The van der Waals surface area contributed by atoms with Crippen LogP contribution in [0.3, 0.4) is 0 Å². The molecule has 1 aromatic carbocycles. The highest BCUT2D eigenvalue weighted by Crippen LogP contribution is 2.20. The average Bonchev–Trinajstić information content (AvgIpc) is 2.39. The Morgan fingerprint density at radius 2 is 2.13 bits per heavy atom. The van der Waals surface area contributed by atoms with Gasteiger partial charge >= 0.3 is 6.09 Å². The van der Waals surface area contributed by atoms with Crippen LogP contribution in [0.1, 0.15) is 43.6 Å². The molecule has 5 nitrogen and oxygen atoms in total. The summed E-state index contributed by atoms with van der Waals surface area (Å²) in [6.07, 6.45) is 0.106. The number of hydrogen-bond donors (Lipinski definition) is 1. The first kappa shape index (κ1) is 17.2. The van der Waals surface area contributed by atoms with Crippen LogP contribution >= 0.6 is 0 Å². The SMILES string of the molecule is C[C@H](CN1CCc2cc(F)ccc2C1=O)NC(=O)OC(C)(C)C. The van der Waals surface area contributed by atoms with E-state index < -0.39 is 11.7 Å². The number of carbonyl (C=O) groups is 2. The summed E-state index contributed by atoms with van der Waals surface area (Å²) >= 11 is 0. The predicted molar refractivity (Wildman–Crippen MR) is 84.8 cm³/mol. The molecule has 1 aliphatic rings. The highest BCUT2D eigenvalue weighted by Gasteiger charge is 2.26. The Hall–Kier alpha value is -2.11. The molecule has 1 aromatic rings. The lowest BCUT2D eigenvalue weighted by Crippen LogP contribution is -2.47. The van der Waals surface area contributed by atoms with Gasteiger partial charge in [0.2, 0.25) is 0 Å². The van der Waals surface area contributed by atoms with Gasteiger partial charge in [-0.3, -0.25) is 4.79 Å². The van der Waals surface area contributed by atoms with Crippen LogP contribution in [0.15, 0.2) is 18.2 Å². The third-order valence-electron chi connectivity index (χ3n) is 3.49. The van der Waals surface area contributed by atoms with E-state index >= 15 is 0 Å². The number of rotatable bonds is 3. The van der Waals surface area contributed by atoms with Crippen molar-refractivity contribution in [2.24, 2.45) is 0 Å². The maximum absolute atomic E-state index is 13.2. The fourth-order valence-electron chi connectivity index (χ4n) is 2.56.